The average Bonchev–Trinajstić information content (AvgIpc) is 2.63. The molecule has 0 aliphatic rings. The molecule has 1 N–H and O–H groups in total. The second kappa shape index (κ2) is 5.81. The second-order valence-corrected chi connectivity index (χ2v) is 7.55. The highest BCUT2D eigenvalue weighted by atomic mass is 127. The van der Waals surface area contributed by atoms with Gasteiger partial charge in [-0.05, 0) is 72.6 Å². The van der Waals surface area contributed by atoms with Crippen molar-refractivity contribution >= 4 is 77.4 Å². The van der Waals surface area contributed by atoms with Crippen molar-refractivity contribution in [2.75, 3.05) is 5.32 Å². The minimum absolute atomic E-state index is 0.0921. The molecule has 6 heteroatoms. The molecule has 88 valence electrons. The lowest BCUT2D eigenvalue weighted by Crippen LogP contribution is -2.10. The number of amides is 1. The van der Waals surface area contributed by atoms with Crippen LogP contribution in [0.1, 0.15) is 9.67 Å². The molecule has 17 heavy (non-hydrogen) atoms. The van der Waals surface area contributed by atoms with Crippen LogP contribution in [-0.2, 0) is 0 Å². The van der Waals surface area contributed by atoms with Gasteiger partial charge in [0.25, 0.3) is 5.91 Å². The lowest BCUT2D eigenvalue weighted by atomic mass is 10.3. The number of halogens is 3. The number of para-hydroxylation sites is 1. The van der Waals surface area contributed by atoms with Crippen molar-refractivity contribution in [2.45, 2.75) is 0 Å². The van der Waals surface area contributed by atoms with Crippen molar-refractivity contribution < 1.29 is 4.79 Å². The van der Waals surface area contributed by atoms with Crippen LogP contribution >= 0.6 is 65.8 Å². The summed E-state index contributed by atoms with van der Waals surface area (Å²) in [7, 11) is 0. The van der Waals surface area contributed by atoms with Gasteiger partial charge in [0.1, 0.15) is 0 Å². The maximum absolute atomic E-state index is 12.0. The van der Waals surface area contributed by atoms with Gasteiger partial charge in [-0.15, -0.1) is 11.3 Å². The molecule has 2 aromatic rings. The Bertz CT molecular complexity index is 551. The monoisotopic (exact) mass is 485 g/mol. The molecule has 1 amide bonds. The SMILES string of the molecule is O=C(Nc1ccccc1I)c1cc(Br)c(Br)s1. The molecule has 0 saturated carbocycles. The number of rotatable bonds is 2. The summed E-state index contributed by atoms with van der Waals surface area (Å²) in [6.07, 6.45) is 0. The lowest BCUT2D eigenvalue weighted by Gasteiger charge is -2.05. The fourth-order valence-electron chi connectivity index (χ4n) is 1.20. The van der Waals surface area contributed by atoms with Gasteiger partial charge < -0.3 is 5.32 Å². The van der Waals surface area contributed by atoms with Crippen molar-refractivity contribution in [1.82, 2.24) is 0 Å². The zero-order chi connectivity index (χ0) is 12.4. The normalized spacial score (nSPS) is 10.3. The number of benzene rings is 1. The topological polar surface area (TPSA) is 29.1 Å². The lowest BCUT2D eigenvalue weighted by molar-refractivity contribution is 0.103. The summed E-state index contributed by atoms with van der Waals surface area (Å²) in [5, 5.41) is 2.89. The highest BCUT2D eigenvalue weighted by Crippen LogP contribution is 2.32. The molecule has 0 saturated heterocycles. The summed E-state index contributed by atoms with van der Waals surface area (Å²) in [4.78, 5) is 12.7. The Hall–Kier alpha value is 0.0800. The first kappa shape index (κ1) is 13.5. The van der Waals surface area contributed by atoms with Crippen molar-refractivity contribution in [1.29, 1.82) is 0 Å². The van der Waals surface area contributed by atoms with Crippen LogP contribution < -0.4 is 5.32 Å². The Kier molecular flexibility index (Phi) is 4.62. The van der Waals surface area contributed by atoms with Crippen LogP contribution in [0.3, 0.4) is 0 Å². The largest absolute Gasteiger partial charge is 0.320 e. The van der Waals surface area contributed by atoms with E-state index in [1.54, 1.807) is 6.07 Å². The van der Waals surface area contributed by atoms with Gasteiger partial charge in [0.2, 0.25) is 0 Å². The Morgan fingerprint density at radius 2 is 2.00 bits per heavy atom. The first-order chi connectivity index (χ1) is 8.08. The average molecular weight is 487 g/mol. The van der Waals surface area contributed by atoms with Crippen LogP contribution in [0.25, 0.3) is 0 Å². The van der Waals surface area contributed by atoms with Gasteiger partial charge >= 0.3 is 0 Å². The number of hydrogen-bond donors (Lipinski definition) is 1. The van der Waals surface area contributed by atoms with Crippen LogP contribution in [0.5, 0.6) is 0 Å². The third-order valence-corrected chi connectivity index (χ3v) is 6.19. The van der Waals surface area contributed by atoms with Gasteiger partial charge in [0.05, 0.1) is 14.4 Å². The molecule has 0 aliphatic carbocycles. The summed E-state index contributed by atoms with van der Waals surface area (Å²) in [6, 6.07) is 9.49. The molecule has 0 radical (unpaired) electrons. The second-order valence-electron chi connectivity index (χ2n) is 3.17. The molecule has 0 spiro atoms. The van der Waals surface area contributed by atoms with Gasteiger partial charge in [0, 0.05) is 8.04 Å². The molecule has 0 atom stereocenters. The van der Waals surface area contributed by atoms with Crippen molar-refractivity contribution in [3.8, 4) is 0 Å². The molecule has 2 nitrogen and oxygen atoms in total. The van der Waals surface area contributed by atoms with E-state index in [0.717, 1.165) is 17.5 Å². The molecule has 0 aliphatic heterocycles. The molecule has 0 fully saturated rings. The number of carbonyl (C=O) groups excluding carboxylic acids is 1. The van der Waals surface area contributed by atoms with Gasteiger partial charge in [-0.25, -0.2) is 0 Å². The van der Waals surface area contributed by atoms with Crippen LogP contribution in [0.15, 0.2) is 38.6 Å². The van der Waals surface area contributed by atoms with E-state index in [1.807, 2.05) is 24.3 Å². The van der Waals surface area contributed by atoms with Gasteiger partial charge in [0.15, 0.2) is 0 Å². The molecule has 2 rings (SSSR count). The van der Waals surface area contributed by atoms with E-state index < -0.39 is 0 Å². The first-order valence-corrected chi connectivity index (χ1v) is 8.07. The van der Waals surface area contributed by atoms with Gasteiger partial charge in [-0.2, -0.15) is 0 Å². The van der Waals surface area contributed by atoms with E-state index in [0.29, 0.717) is 4.88 Å². The third-order valence-electron chi connectivity index (χ3n) is 1.99. The quantitative estimate of drug-likeness (QED) is 0.586. The zero-order valence-electron chi connectivity index (χ0n) is 8.34. The molecule has 1 heterocycles. The van der Waals surface area contributed by atoms with E-state index >= 15 is 0 Å². The Balaban J connectivity index is 2.20. The van der Waals surface area contributed by atoms with E-state index in [-0.39, 0.29) is 5.91 Å². The summed E-state index contributed by atoms with van der Waals surface area (Å²) >= 11 is 10.3. The third kappa shape index (κ3) is 3.30. The predicted octanol–water partition coefficient (Wildman–Crippen LogP) is 5.13. The Labute approximate surface area is 133 Å². The van der Waals surface area contributed by atoms with E-state index in [2.05, 4.69) is 59.8 Å². The highest BCUT2D eigenvalue weighted by molar-refractivity contribution is 14.1. The van der Waals surface area contributed by atoms with Gasteiger partial charge in [-0.3, -0.25) is 4.79 Å². The summed E-state index contributed by atoms with van der Waals surface area (Å²) < 4.78 is 2.84. The molecule has 1 aromatic carbocycles. The molecular weight excluding hydrogens is 481 g/mol. The maximum Gasteiger partial charge on any atom is 0.265 e. The van der Waals surface area contributed by atoms with Crippen LogP contribution in [0, 0.1) is 3.57 Å². The number of anilines is 1. The number of nitrogens with one attached hydrogen (secondary N) is 1. The fourth-order valence-corrected chi connectivity index (χ4v) is 3.66. The zero-order valence-corrected chi connectivity index (χ0v) is 14.5. The standard InChI is InChI=1S/C11H6Br2INOS/c12-6-5-9(17-10(6)13)11(16)15-8-4-2-1-3-7(8)14/h1-5H,(H,15,16). The predicted molar refractivity (Wildman–Crippen MR) is 86.8 cm³/mol. The molecule has 1 aromatic heterocycles. The van der Waals surface area contributed by atoms with Crippen LogP contribution in [0.2, 0.25) is 0 Å². The Morgan fingerprint density at radius 1 is 1.29 bits per heavy atom. The summed E-state index contributed by atoms with van der Waals surface area (Å²) in [5.74, 6) is -0.0921. The van der Waals surface area contributed by atoms with Gasteiger partial charge in [-0.1, -0.05) is 12.1 Å². The van der Waals surface area contributed by atoms with Crippen molar-refractivity contribution in [2.24, 2.45) is 0 Å². The number of carbonyl (C=O) groups is 1. The number of thiophene rings is 1. The molecular formula is C11H6Br2INOS. The Morgan fingerprint density at radius 3 is 2.59 bits per heavy atom. The minimum Gasteiger partial charge on any atom is -0.320 e. The summed E-state index contributed by atoms with van der Waals surface area (Å²) in [6.45, 7) is 0. The van der Waals surface area contributed by atoms with E-state index in [1.165, 1.54) is 11.3 Å². The fraction of sp³-hybridized carbons (Fsp3) is 0. The van der Waals surface area contributed by atoms with E-state index in [9.17, 15) is 4.79 Å². The molecule has 0 bridgehead atoms. The maximum atomic E-state index is 12.0. The van der Waals surface area contributed by atoms with E-state index in [4.69, 9.17) is 0 Å². The van der Waals surface area contributed by atoms with Crippen LogP contribution in [-0.4, -0.2) is 5.91 Å². The minimum atomic E-state index is -0.0921. The van der Waals surface area contributed by atoms with Crippen molar-refractivity contribution in [3.05, 3.63) is 47.0 Å². The summed E-state index contributed by atoms with van der Waals surface area (Å²) in [5.41, 5.74) is 0.832. The highest BCUT2D eigenvalue weighted by Gasteiger charge is 2.12. The molecule has 0 unspecified atom stereocenters. The first-order valence-electron chi connectivity index (χ1n) is 4.58. The van der Waals surface area contributed by atoms with Crippen LogP contribution in [0.4, 0.5) is 5.69 Å². The van der Waals surface area contributed by atoms with Crippen molar-refractivity contribution in [3.63, 3.8) is 0 Å². The smallest absolute Gasteiger partial charge is 0.265 e. The number of hydrogen-bond acceptors (Lipinski definition) is 2.